The van der Waals surface area contributed by atoms with E-state index in [4.69, 9.17) is 9.57 Å². The van der Waals surface area contributed by atoms with Gasteiger partial charge in [0.05, 0.1) is 4.92 Å². The number of carbonyl (C=O) groups excluding carboxylic acids is 1. The number of H-pyrrole nitrogens is 1. The third-order valence-corrected chi connectivity index (χ3v) is 3.50. The van der Waals surface area contributed by atoms with E-state index >= 15 is 0 Å². The Morgan fingerprint density at radius 1 is 1.45 bits per heavy atom. The Balaban J connectivity index is 1.73. The van der Waals surface area contributed by atoms with Gasteiger partial charge in [0.2, 0.25) is 0 Å². The Morgan fingerprint density at radius 2 is 2.32 bits per heavy atom. The number of ether oxygens (including phenoxy) is 1. The van der Waals surface area contributed by atoms with Crippen LogP contribution in [0.25, 0.3) is 10.9 Å². The molecular formula is C14H15N3O5. The Morgan fingerprint density at radius 3 is 3.05 bits per heavy atom. The molecule has 116 valence electrons. The van der Waals surface area contributed by atoms with Gasteiger partial charge in [-0.15, -0.1) is 0 Å². The number of non-ortho nitro benzene ring substituents is 1. The number of nitrogens with zero attached hydrogens (tertiary/aromatic N) is 1. The molecule has 1 atom stereocenters. The van der Waals surface area contributed by atoms with Gasteiger partial charge < -0.3 is 9.72 Å². The minimum Gasteiger partial charge on any atom is -0.350 e. The quantitative estimate of drug-likeness (QED) is 0.665. The van der Waals surface area contributed by atoms with E-state index in [0.717, 1.165) is 19.3 Å². The van der Waals surface area contributed by atoms with E-state index in [1.165, 1.54) is 6.07 Å². The van der Waals surface area contributed by atoms with Gasteiger partial charge in [-0.05, 0) is 18.9 Å². The topological polar surface area (TPSA) is 106 Å². The van der Waals surface area contributed by atoms with Crippen LogP contribution in [-0.4, -0.2) is 28.7 Å². The summed E-state index contributed by atoms with van der Waals surface area (Å²) in [5.41, 5.74) is 2.74. The summed E-state index contributed by atoms with van der Waals surface area (Å²) >= 11 is 0. The third kappa shape index (κ3) is 2.92. The molecule has 1 fully saturated rings. The molecule has 1 saturated heterocycles. The van der Waals surface area contributed by atoms with Crippen molar-refractivity contribution < 1.29 is 19.3 Å². The smallest absolute Gasteiger partial charge is 0.293 e. The summed E-state index contributed by atoms with van der Waals surface area (Å²) in [5.74, 6) is -0.500. The van der Waals surface area contributed by atoms with Crippen molar-refractivity contribution in [2.75, 3.05) is 6.61 Å². The highest BCUT2D eigenvalue weighted by molar-refractivity contribution is 5.99. The number of aromatic amines is 1. The van der Waals surface area contributed by atoms with E-state index in [-0.39, 0.29) is 11.4 Å². The van der Waals surface area contributed by atoms with E-state index in [9.17, 15) is 14.9 Å². The molecule has 1 aliphatic heterocycles. The van der Waals surface area contributed by atoms with Crippen LogP contribution in [0.5, 0.6) is 0 Å². The molecule has 0 unspecified atom stereocenters. The first-order chi connectivity index (χ1) is 10.6. The molecule has 8 nitrogen and oxygen atoms in total. The molecule has 0 radical (unpaired) electrons. The van der Waals surface area contributed by atoms with Gasteiger partial charge in [-0.2, -0.15) is 0 Å². The predicted molar refractivity (Wildman–Crippen MR) is 77.1 cm³/mol. The molecular weight excluding hydrogens is 290 g/mol. The number of amides is 1. The summed E-state index contributed by atoms with van der Waals surface area (Å²) in [5, 5.41) is 11.6. The van der Waals surface area contributed by atoms with Crippen LogP contribution in [0.3, 0.4) is 0 Å². The SMILES string of the molecule is O=C(NO[C@H]1CCCCO1)c1cc2cccc([N+](=O)[O-])c2[nH]1. The van der Waals surface area contributed by atoms with Gasteiger partial charge in [0, 0.05) is 24.5 Å². The number of hydrogen-bond acceptors (Lipinski definition) is 5. The van der Waals surface area contributed by atoms with E-state index in [1.54, 1.807) is 18.2 Å². The summed E-state index contributed by atoms with van der Waals surface area (Å²) in [7, 11) is 0. The zero-order chi connectivity index (χ0) is 15.5. The molecule has 0 bridgehead atoms. The molecule has 1 amide bonds. The molecule has 2 heterocycles. The van der Waals surface area contributed by atoms with Gasteiger partial charge in [0.15, 0.2) is 6.29 Å². The molecule has 2 aromatic rings. The number of nitrogens with one attached hydrogen (secondary N) is 2. The van der Waals surface area contributed by atoms with Crippen molar-refractivity contribution in [2.45, 2.75) is 25.6 Å². The van der Waals surface area contributed by atoms with Crippen LogP contribution >= 0.6 is 0 Å². The van der Waals surface area contributed by atoms with Crippen molar-refractivity contribution in [3.63, 3.8) is 0 Å². The van der Waals surface area contributed by atoms with Gasteiger partial charge >= 0.3 is 0 Å². The summed E-state index contributed by atoms with van der Waals surface area (Å²) < 4.78 is 5.34. The maximum atomic E-state index is 12.0. The van der Waals surface area contributed by atoms with E-state index in [0.29, 0.717) is 17.5 Å². The van der Waals surface area contributed by atoms with E-state index in [1.807, 2.05) is 0 Å². The van der Waals surface area contributed by atoms with Crippen LogP contribution in [-0.2, 0) is 9.57 Å². The molecule has 8 heteroatoms. The average molecular weight is 305 g/mol. The minimum atomic E-state index is -0.500. The van der Waals surface area contributed by atoms with Crippen LogP contribution in [0.4, 0.5) is 5.69 Å². The Hall–Kier alpha value is -2.45. The van der Waals surface area contributed by atoms with Gasteiger partial charge in [-0.25, -0.2) is 10.3 Å². The highest BCUT2D eigenvalue weighted by Gasteiger charge is 2.19. The Labute approximate surface area is 125 Å². The number of benzene rings is 1. The van der Waals surface area contributed by atoms with Crippen LogP contribution < -0.4 is 5.48 Å². The van der Waals surface area contributed by atoms with Crippen LogP contribution in [0.1, 0.15) is 29.8 Å². The van der Waals surface area contributed by atoms with Crippen molar-refractivity contribution in [1.29, 1.82) is 0 Å². The van der Waals surface area contributed by atoms with Crippen molar-refractivity contribution in [2.24, 2.45) is 0 Å². The molecule has 0 spiro atoms. The summed E-state index contributed by atoms with van der Waals surface area (Å²) in [6.07, 6.45) is 2.24. The first-order valence-corrected chi connectivity index (χ1v) is 6.99. The number of rotatable bonds is 4. The van der Waals surface area contributed by atoms with Gasteiger partial charge in [-0.3, -0.25) is 14.9 Å². The first kappa shape index (κ1) is 14.5. The number of fused-ring (bicyclic) bond motifs is 1. The van der Waals surface area contributed by atoms with Crippen molar-refractivity contribution in [3.05, 3.63) is 40.1 Å². The van der Waals surface area contributed by atoms with Crippen molar-refractivity contribution in [3.8, 4) is 0 Å². The first-order valence-electron chi connectivity index (χ1n) is 6.99. The highest BCUT2D eigenvalue weighted by atomic mass is 16.8. The number of aromatic nitrogens is 1. The fourth-order valence-corrected chi connectivity index (χ4v) is 2.39. The lowest BCUT2D eigenvalue weighted by atomic mass is 10.2. The summed E-state index contributed by atoms with van der Waals surface area (Å²) in [4.78, 5) is 30.5. The van der Waals surface area contributed by atoms with Crippen molar-refractivity contribution >= 4 is 22.5 Å². The summed E-state index contributed by atoms with van der Waals surface area (Å²) in [6.45, 7) is 0.610. The lowest BCUT2D eigenvalue weighted by Crippen LogP contribution is -2.33. The fraction of sp³-hybridized carbons (Fsp3) is 0.357. The van der Waals surface area contributed by atoms with Crippen LogP contribution in [0, 0.1) is 10.1 Å². The molecule has 2 N–H and O–H groups in total. The molecule has 22 heavy (non-hydrogen) atoms. The minimum absolute atomic E-state index is 0.0758. The number of nitro benzene ring substituents is 1. The number of hydrogen-bond donors (Lipinski definition) is 2. The standard InChI is InChI=1S/C14H15N3O5/c18-14(16-22-12-6-1-2-7-21-12)10-8-9-4-3-5-11(17(19)20)13(9)15-10/h3-5,8,12,15H,1-2,6-7H2,(H,16,18)/t12-/m0/s1. The fourth-order valence-electron chi connectivity index (χ4n) is 2.39. The molecule has 0 aliphatic carbocycles. The molecule has 1 aromatic heterocycles. The van der Waals surface area contributed by atoms with E-state index in [2.05, 4.69) is 10.5 Å². The van der Waals surface area contributed by atoms with Gasteiger partial charge in [-0.1, -0.05) is 12.1 Å². The van der Waals surface area contributed by atoms with Gasteiger partial charge in [0.25, 0.3) is 11.6 Å². The zero-order valence-corrected chi connectivity index (χ0v) is 11.7. The number of carbonyl (C=O) groups is 1. The largest absolute Gasteiger partial charge is 0.350 e. The lowest BCUT2D eigenvalue weighted by Gasteiger charge is -2.21. The number of para-hydroxylation sites is 1. The van der Waals surface area contributed by atoms with Crippen molar-refractivity contribution in [1.82, 2.24) is 10.5 Å². The highest BCUT2D eigenvalue weighted by Crippen LogP contribution is 2.25. The number of hydroxylamine groups is 1. The monoisotopic (exact) mass is 305 g/mol. The normalized spacial score (nSPS) is 18.3. The predicted octanol–water partition coefficient (Wildman–Crippen LogP) is 2.26. The van der Waals surface area contributed by atoms with Crippen LogP contribution in [0.15, 0.2) is 24.3 Å². The Bertz CT molecular complexity index is 706. The van der Waals surface area contributed by atoms with Crippen LogP contribution in [0.2, 0.25) is 0 Å². The molecule has 0 saturated carbocycles. The second-order valence-corrected chi connectivity index (χ2v) is 5.03. The molecule has 1 aromatic carbocycles. The second kappa shape index (κ2) is 6.12. The second-order valence-electron chi connectivity index (χ2n) is 5.03. The Kier molecular flexibility index (Phi) is 4.03. The maximum Gasteiger partial charge on any atom is 0.293 e. The molecule has 1 aliphatic rings. The van der Waals surface area contributed by atoms with E-state index < -0.39 is 17.1 Å². The zero-order valence-electron chi connectivity index (χ0n) is 11.7. The maximum absolute atomic E-state index is 12.0. The third-order valence-electron chi connectivity index (χ3n) is 3.50. The lowest BCUT2D eigenvalue weighted by molar-refractivity contribution is -0.383. The average Bonchev–Trinajstić information content (AvgIpc) is 2.97. The number of nitro groups is 1. The molecule has 3 rings (SSSR count). The summed E-state index contributed by atoms with van der Waals surface area (Å²) in [6, 6.07) is 6.19. The van der Waals surface area contributed by atoms with Gasteiger partial charge in [0.1, 0.15) is 11.2 Å².